The number of carbonyl (C=O) groups is 1. The van der Waals surface area contributed by atoms with Gasteiger partial charge in [-0.3, -0.25) is 14.9 Å². The van der Waals surface area contributed by atoms with Crippen LogP contribution < -0.4 is 23.7 Å². The SMILES string of the molecule is COc1ccc(C(=O)c2cc(OC)c(OC)c(OC)c2)cc1OCc1ccc([N+](=O)[O-])o1. The number of nitro groups is 1. The topological polar surface area (TPSA) is 120 Å². The van der Waals surface area contributed by atoms with Gasteiger partial charge in [-0.15, -0.1) is 0 Å². The van der Waals surface area contributed by atoms with Crippen LogP contribution in [0.25, 0.3) is 0 Å². The van der Waals surface area contributed by atoms with E-state index >= 15 is 0 Å². The van der Waals surface area contributed by atoms with E-state index in [2.05, 4.69) is 0 Å². The standard InChI is InChI=1S/C22H21NO9/c1-27-16-7-5-13(9-17(16)31-12-15-6-8-20(32-15)23(25)26)21(24)14-10-18(28-2)22(30-4)19(11-14)29-3/h5-11H,12H2,1-4H3. The van der Waals surface area contributed by atoms with Gasteiger partial charge in [0.1, 0.15) is 17.3 Å². The van der Waals surface area contributed by atoms with Gasteiger partial charge in [-0.1, -0.05) is 0 Å². The molecule has 0 bridgehead atoms. The van der Waals surface area contributed by atoms with Crippen molar-refractivity contribution >= 4 is 11.7 Å². The zero-order chi connectivity index (χ0) is 23.3. The van der Waals surface area contributed by atoms with E-state index < -0.39 is 4.92 Å². The van der Waals surface area contributed by atoms with E-state index in [1.807, 2.05) is 0 Å². The fourth-order valence-electron chi connectivity index (χ4n) is 3.00. The number of furan rings is 1. The third-order valence-corrected chi connectivity index (χ3v) is 4.55. The molecule has 3 rings (SSSR count). The lowest BCUT2D eigenvalue weighted by molar-refractivity contribution is -0.402. The molecule has 3 aromatic rings. The Kier molecular flexibility index (Phi) is 6.83. The summed E-state index contributed by atoms with van der Waals surface area (Å²) < 4.78 is 32.0. The molecule has 10 heteroatoms. The molecular weight excluding hydrogens is 422 g/mol. The third kappa shape index (κ3) is 4.59. The zero-order valence-electron chi connectivity index (χ0n) is 17.9. The van der Waals surface area contributed by atoms with E-state index in [-0.39, 0.29) is 29.8 Å². The Morgan fingerprint density at radius 3 is 2.00 bits per heavy atom. The maximum Gasteiger partial charge on any atom is 0.433 e. The second kappa shape index (κ2) is 9.73. The number of nitrogens with zero attached hydrogens (tertiary/aromatic N) is 1. The van der Waals surface area contributed by atoms with Gasteiger partial charge in [0.2, 0.25) is 5.75 Å². The summed E-state index contributed by atoms with van der Waals surface area (Å²) in [7, 11) is 5.86. The first-order valence-electron chi connectivity index (χ1n) is 9.30. The molecule has 0 atom stereocenters. The molecule has 2 aromatic carbocycles. The molecule has 0 amide bonds. The Bertz CT molecular complexity index is 1110. The number of hydrogen-bond donors (Lipinski definition) is 0. The van der Waals surface area contributed by atoms with Gasteiger partial charge in [0.15, 0.2) is 28.8 Å². The number of ether oxygens (including phenoxy) is 5. The molecule has 0 saturated carbocycles. The first-order valence-corrected chi connectivity index (χ1v) is 9.30. The minimum absolute atomic E-state index is 0.0912. The normalized spacial score (nSPS) is 10.4. The van der Waals surface area contributed by atoms with Crippen LogP contribution in [0.4, 0.5) is 5.88 Å². The zero-order valence-corrected chi connectivity index (χ0v) is 17.9. The van der Waals surface area contributed by atoms with Gasteiger partial charge in [-0.2, -0.15) is 0 Å². The van der Waals surface area contributed by atoms with E-state index in [0.29, 0.717) is 34.1 Å². The van der Waals surface area contributed by atoms with Crippen molar-refractivity contribution in [2.45, 2.75) is 6.61 Å². The summed E-state index contributed by atoms with van der Waals surface area (Å²) in [5, 5.41) is 10.8. The van der Waals surface area contributed by atoms with Crippen molar-refractivity contribution in [3.8, 4) is 28.7 Å². The molecule has 0 radical (unpaired) electrons. The molecule has 168 valence electrons. The maximum atomic E-state index is 13.1. The number of ketones is 1. The van der Waals surface area contributed by atoms with E-state index in [1.54, 1.807) is 24.3 Å². The van der Waals surface area contributed by atoms with Crippen LogP contribution >= 0.6 is 0 Å². The molecule has 0 aliphatic rings. The summed E-state index contributed by atoms with van der Waals surface area (Å²) in [5.41, 5.74) is 0.637. The highest BCUT2D eigenvalue weighted by Crippen LogP contribution is 2.39. The van der Waals surface area contributed by atoms with Gasteiger partial charge in [0, 0.05) is 11.1 Å². The molecule has 0 aliphatic heterocycles. The molecule has 1 aromatic heterocycles. The summed E-state index contributed by atoms with van der Waals surface area (Å²) >= 11 is 0. The van der Waals surface area contributed by atoms with Crippen LogP contribution in [0, 0.1) is 10.1 Å². The third-order valence-electron chi connectivity index (χ3n) is 4.55. The molecular formula is C22H21NO9. The summed E-state index contributed by atoms with van der Waals surface area (Å²) in [6, 6.07) is 10.5. The smallest absolute Gasteiger partial charge is 0.433 e. The van der Waals surface area contributed by atoms with Crippen LogP contribution in [0.5, 0.6) is 28.7 Å². The van der Waals surface area contributed by atoms with Gasteiger partial charge in [-0.05, 0) is 36.4 Å². The van der Waals surface area contributed by atoms with Gasteiger partial charge >= 0.3 is 5.88 Å². The number of rotatable bonds is 10. The highest BCUT2D eigenvalue weighted by molar-refractivity contribution is 6.10. The van der Waals surface area contributed by atoms with Crippen molar-refractivity contribution in [1.82, 2.24) is 0 Å². The lowest BCUT2D eigenvalue weighted by Crippen LogP contribution is -2.05. The monoisotopic (exact) mass is 443 g/mol. The van der Waals surface area contributed by atoms with Crippen molar-refractivity contribution in [1.29, 1.82) is 0 Å². The summed E-state index contributed by atoms with van der Waals surface area (Å²) in [6.45, 7) is -0.0912. The molecule has 0 saturated heterocycles. The summed E-state index contributed by atoms with van der Waals surface area (Å²) in [4.78, 5) is 23.3. The first-order chi connectivity index (χ1) is 15.4. The van der Waals surface area contributed by atoms with Gasteiger partial charge in [0.25, 0.3) is 0 Å². The van der Waals surface area contributed by atoms with Crippen LogP contribution in [-0.2, 0) is 6.61 Å². The highest BCUT2D eigenvalue weighted by Gasteiger charge is 2.20. The molecule has 32 heavy (non-hydrogen) atoms. The Labute approximate surface area is 183 Å². The minimum Gasteiger partial charge on any atom is -0.493 e. The van der Waals surface area contributed by atoms with Crippen molar-refractivity contribution in [2.24, 2.45) is 0 Å². The first kappa shape index (κ1) is 22.5. The van der Waals surface area contributed by atoms with Crippen molar-refractivity contribution in [2.75, 3.05) is 28.4 Å². The predicted octanol–water partition coefficient (Wildman–Crippen LogP) is 4.03. The number of hydrogen-bond acceptors (Lipinski definition) is 9. The van der Waals surface area contributed by atoms with E-state index in [9.17, 15) is 14.9 Å². The largest absolute Gasteiger partial charge is 0.493 e. The fraction of sp³-hybridized carbons (Fsp3) is 0.227. The van der Waals surface area contributed by atoms with Gasteiger partial charge in [0.05, 0.1) is 34.5 Å². The molecule has 0 N–H and O–H groups in total. The predicted molar refractivity (Wildman–Crippen MR) is 112 cm³/mol. The average Bonchev–Trinajstić information content (AvgIpc) is 3.30. The summed E-state index contributed by atoms with van der Waals surface area (Å²) in [6.07, 6.45) is 0. The lowest BCUT2D eigenvalue weighted by Gasteiger charge is -2.14. The second-order valence-electron chi connectivity index (χ2n) is 6.39. The number of methoxy groups -OCH3 is 4. The second-order valence-corrected chi connectivity index (χ2v) is 6.39. The fourth-order valence-corrected chi connectivity index (χ4v) is 3.00. The maximum absolute atomic E-state index is 13.1. The van der Waals surface area contributed by atoms with Crippen molar-refractivity contribution < 1.29 is 37.8 Å². The van der Waals surface area contributed by atoms with Crippen LogP contribution in [0.15, 0.2) is 46.9 Å². The Morgan fingerprint density at radius 2 is 1.47 bits per heavy atom. The molecule has 0 fully saturated rings. The van der Waals surface area contributed by atoms with E-state index in [1.165, 1.54) is 46.6 Å². The van der Waals surface area contributed by atoms with Crippen LogP contribution in [-0.4, -0.2) is 39.1 Å². The minimum atomic E-state index is -0.638. The Morgan fingerprint density at radius 1 is 0.844 bits per heavy atom. The van der Waals surface area contributed by atoms with Crippen LogP contribution in [0.3, 0.4) is 0 Å². The summed E-state index contributed by atoms with van der Waals surface area (Å²) in [5.74, 6) is 1.27. The van der Waals surface area contributed by atoms with Crippen molar-refractivity contribution in [3.63, 3.8) is 0 Å². The van der Waals surface area contributed by atoms with E-state index in [0.717, 1.165) is 0 Å². The van der Waals surface area contributed by atoms with Crippen LogP contribution in [0.1, 0.15) is 21.7 Å². The van der Waals surface area contributed by atoms with Gasteiger partial charge in [-0.25, -0.2) is 0 Å². The molecule has 0 spiro atoms. The molecule has 0 aliphatic carbocycles. The lowest BCUT2D eigenvalue weighted by atomic mass is 10.0. The Hall–Kier alpha value is -4.21. The molecule has 1 heterocycles. The number of benzene rings is 2. The number of carbonyl (C=O) groups excluding carboxylic acids is 1. The van der Waals surface area contributed by atoms with Crippen LogP contribution in [0.2, 0.25) is 0 Å². The Balaban J connectivity index is 1.90. The average molecular weight is 443 g/mol. The van der Waals surface area contributed by atoms with E-state index in [4.69, 9.17) is 28.1 Å². The van der Waals surface area contributed by atoms with Crippen molar-refractivity contribution in [3.05, 3.63) is 69.5 Å². The highest BCUT2D eigenvalue weighted by atomic mass is 16.6. The molecule has 0 unspecified atom stereocenters. The molecule has 10 nitrogen and oxygen atoms in total. The van der Waals surface area contributed by atoms with Gasteiger partial charge < -0.3 is 28.1 Å². The quantitative estimate of drug-likeness (QED) is 0.260.